The smallest absolute Gasteiger partial charge is 0.271 e. The lowest BCUT2D eigenvalue weighted by atomic mass is 10.2. The summed E-state index contributed by atoms with van der Waals surface area (Å²) in [5.41, 5.74) is 3.83. The number of amides is 1. The highest BCUT2D eigenvalue weighted by atomic mass is 127. The summed E-state index contributed by atoms with van der Waals surface area (Å²) in [5.74, 6) is 0.969. The Morgan fingerprint density at radius 2 is 2.04 bits per heavy atom. The lowest BCUT2D eigenvalue weighted by molar-refractivity contribution is 0.0955. The number of hydrogen-bond acceptors (Lipinski definition) is 4. The van der Waals surface area contributed by atoms with Crippen LogP contribution in [0, 0.1) is 3.57 Å². The van der Waals surface area contributed by atoms with E-state index in [-0.39, 0.29) is 5.91 Å². The molecule has 0 aliphatic carbocycles. The van der Waals surface area contributed by atoms with Crippen LogP contribution in [0.4, 0.5) is 0 Å². The first-order valence-corrected chi connectivity index (χ1v) is 9.01. The molecule has 2 rings (SSSR count). The van der Waals surface area contributed by atoms with Gasteiger partial charge >= 0.3 is 0 Å². The van der Waals surface area contributed by atoms with Gasteiger partial charge in [-0.25, -0.2) is 5.43 Å². The van der Waals surface area contributed by atoms with Crippen LogP contribution < -0.4 is 14.9 Å². The van der Waals surface area contributed by atoms with E-state index in [4.69, 9.17) is 9.47 Å². The molecule has 0 saturated carbocycles. The van der Waals surface area contributed by atoms with Gasteiger partial charge in [-0.3, -0.25) is 4.79 Å². The number of hydrogen-bond donors (Lipinski definition) is 1. The van der Waals surface area contributed by atoms with Gasteiger partial charge in [-0.05, 0) is 87.4 Å². The third-order valence-corrected chi connectivity index (χ3v) is 4.33. The average Bonchev–Trinajstić information content (AvgIpc) is 2.55. The molecule has 5 nitrogen and oxygen atoms in total. The van der Waals surface area contributed by atoms with E-state index >= 15 is 0 Å². The Hall–Kier alpha value is -1.61. The van der Waals surface area contributed by atoms with E-state index in [1.165, 1.54) is 0 Å². The molecule has 0 aliphatic heterocycles. The Labute approximate surface area is 162 Å². The molecule has 0 radical (unpaired) electrons. The maximum atomic E-state index is 12.0. The van der Waals surface area contributed by atoms with Crippen molar-refractivity contribution in [2.45, 2.75) is 6.92 Å². The maximum Gasteiger partial charge on any atom is 0.271 e. The van der Waals surface area contributed by atoms with Crippen LogP contribution in [0.15, 0.2) is 46.0 Å². The molecular weight excluding hydrogens is 487 g/mol. The highest BCUT2D eigenvalue weighted by molar-refractivity contribution is 14.1. The first-order chi connectivity index (χ1) is 11.5. The Bertz CT molecular complexity index is 748. The fourth-order valence-electron chi connectivity index (χ4n) is 1.95. The number of methoxy groups -OCH3 is 1. The monoisotopic (exact) mass is 502 g/mol. The van der Waals surface area contributed by atoms with Gasteiger partial charge in [0.2, 0.25) is 0 Å². The quantitative estimate of drug-likeness (QED) is 0.365. The van der Waals surface area contributed by atoms with Crippen molar-refractivity contribution in [3.8, 4) is 11.5 Å². The van der Waals surface area contributed by atoms with Crippen molar-refractivity contribution in [2.75, 3.05) is 13.7 Å². The van der Waals surface area contributed by atoms with Gasteiger partial charge in [0, 0.05) is 9.13 Å². The summed E-state index contributed by atoms with van der Waals surface area (Å²) in [7, 11) is 1.58. The molecular formula is C17H16BrIN2O3. The molecule has 0 aromatic heterocycles. The van der Waals surface area contributed by atoms with Gasteiger partial charge in [-0.1, -0.05) is 0 Å². The summed E-state index contributed by atoms with van der Waals surface area (Å²) in [6.07, 6.45) is 1.55. The molecule has 126 valence electrons. The molecule has 0 atom stereocenters. The van der Waals surface area contributed by atoms with Gasteiger partial charge in [-0.15, -0.1) is 0 Å². The van der Waals surface area contributed by atoms with E-state index < -0.39 is 0 Å². The lowest BCUT2D eigenvalue weighted by Crippen LogP contribution is -2.17. The topological polar surface area (TPSA) is 59.9 Å². The largest absolute Gasteiger partial charge is 0.492 e. The van der Waals surface area contributed by atoms with E-state index in [2.05, 4.69) is 49.0 Å². The van der Waals surface area contributed by atoms with Crippen molar-refractivity contribution in [3.63, 3.8) is 0 Å². The fraction of sp³-hybridized carbons (Fsp3) is 0.176. The standard InChI is InChI=1S/C17H16BrIN2O3/c1-3-24-15-9-11(8-14(18)16(15)23-2)10-20-21-17(22)12-4-6-13(19)7-5-12/h4-10H,3H2,1-2H3,(H,21,22)/b20-10-. The normalized spacial score (nSPS) is 10.7. The number of halogens is 2. The second-order valence-corrected chi connectivity index (χ2v) is 6.77. The average molecular weight is 503 g/mol. The Balaban J connectivity index is 2.11. The molecule has 0 aliphatic rings. The zero-order valence-electron chi connectivity index (χ0n) is 13.2. The van der Waals surface area contributed by atoms with E-state index in [1.807, 2.05) is 25.1 Å². The number of ether oxygens (including phenoxy) is 2. The van der Waals surface area contributed by atoms with Crippen LogP contribution in [-0.4, -0.2) is 25.8 Å². The van der Waals surface area contributed by atoms with Crippen molar-refractivity contribution in [1.82, 2.24) is 5.43 Å². The Morgan fingerprint density at radius 1 is 1.33 bits per heavy atom. The van der Waals surface area contributed by atoms with Crippen LogP contribution in [0.25, 0.3) is 0 Å². The third kappa shape index (κ3) is 4.94. The van der Waals surface area contributed by atoms with E-state index in [0.29, 0.717) is 23.7 Å². The summed E-state index contributed by atoms with van der Waals surface area (Å²) < 4.78 is 12.7. The van der Waals surface area contributed by atoms with Crippen molar-refractivity contribution in [2.24, 2.45) is 5.10 Å². The van der Waals surface area contributed by atoms with Gasteiger partial charge in [0.05, 0.1) is 24.4 Å². The second kappa shape index (κ2) is 9.03. The number of benzene rings is 2. The van der Waals surface area contributed by atoms with E-state index in [9.17, 15) is 4.79 Å². The maximum absolute atomic E-state index is 12.0. The van der Waals surface area contributed by atoms with Gasteiger partial charge in [0.15, 0.2) is 11.5 Å². The summed E-state index contributed by atoms with van der Waals surface area (Å²) in [6, 6.07) is 10.9. The minimum atomic E-state index is -0.264. The number of rotatable bonds is 6. The van der Waals surface area contributed by atoms with E-state index in [1.54, 1.807) is 31.5 Å². The number of nitrogens with one attached hydrogen (secondary N) is 1. The zero-order chi connectivity index (χ0) is 17.5. The molecule has 1 amide bonds. The third-order valence-electron chi connectivity index (χ3n) is 3.02. The number of hydrazone groups is 1. The predicted molar refractivity (Wildman–Crippen MR) is 106 cm³/mol. The molecule has 0 bridgehead atoms. The first-order valence-electron chi connectivity index (χ1n) is 7.14. The summed E-state index contributed by atoms with van der Waals surface area (Å²) in [5, 5.41) is 3.99. The molecule has 7 heteroatoms. The summed E-state index contributed by atoms with van der Waals surface area (Å²) >= 11 is 5.62. The van der Waals surface area contributed by atoms with Crippen molar-refractivity contribution < 1.29 is 14.3 Å². The predicted octanol–water partition coefficient (Wildman–Crippen LogP) is 4.22. The number of carbonyl (C=O) groups is 1. The van der Waals surface area contributed by atoms with Crippen molar-refractivity contribution in [3.05, 3.63) is 55.6 Å². The van der Waals surface area contributed by atoms with Crippen LogP contribution in [0.5, 0.6) is 11.5 Å². The molecule has 2 aromatic rings. The van der Waals surface area contributed by atoms with Crippen LogP contribution in [0.1, 0.15) is 22.8 Å². The highest BCUT2D eigenvalue weighted by Crippen LogP contribution is 2.36. The number of carbonyl (C=O) groups excluding carboxylic acids is 1. The van der Waals surface area contributed by atoms with Gasteiger partial charge in [-0.2, -0.15) is 5.10 Å². The van der Waals surface area contributed by atoms with E-state index in [0.717, 1.165) is 13.6 Å². The SMILES string of the molecule is CCOc1cc(/C=N\NC(=O)c2ccc(I)cc2)cc(Br)c1OC. The van der Waals surface area contributed by atoms with Crippen molar-refractivity contribution in [1.29, 1.82) is 0 Å². The van der Waals surface area contributed by atoms with Gasteiger partial charge < -0.3 is 9.47 Å². The molecule has 2 aromatic carbocycles. The van der Waals surface area contributed by atoms with Crippen LogP contribution in [0.3, 0.4) is 0 Å². The van der Waals surface area contributed by atoms with Gasteiger partial charge in [0.25, 0.3) is 5.91 Å². The Kier molecular flexibility index (Phi) is 7.04. The van der Waals surface area contributed by atoms with Crippen LogP contribution in [-0.2, 0) is 0 Å². The highest BCUT2D eigenvalue weighted by Gasteiger charge is 2.10. The summed E-state index contributed by atoms with van der Waals surface area (Å²) in [4.78, 5) is 12.0. The van der Waals surface area contributed by atoms with Crippen LogP contribution in [0.2, 0.25) is 0 Å². The molecule has 24 heavy (non-hydrogen) atoms. The van der Waals surface area contributed by atoms with Gasteiger partial charge in [0.1, 0.15) is 0 Å². The molecule has 0 saturated heterocycles. The fourth-order valence-corrected chi connectivity index (χ4v) is 2.94. The molecule has 0 spiro atoms. The van der Waals surface area contributed by atoms with Crippen LogP contribution >= 0.6 is 38.5 Å². The first kappa shape index (κ1) is 18.7. The molecule has 0 unspecified atom stereocenters. The summed E-state index contributed by atoms with van der Waals surface area (Å²) in [6.45, 7) is 2.42. The second-order valence-electron chi connectivity index (χ2n) is 4.67. The zero-order valence-corrected chi connectivity index (χ0v) is 16.9. The minimum Gasteiger partial charge on any atom is -0.492 e. The molecule has 0 fully saturated rings. The minimum absolute atomic E-state index is 0.264. The molecule has 0 heterocycles. The Morgan fingerprint density at radius 3 is 2.67 bits per heavy atom. The molecule has 1 N–H and O–H groups in total. The lowest BCUT2D eigenvalue weighted by Gasteiger charge is -2.11. The van der Waals surface area contributed by atoms with Crippen molar-refractivity contribution >= 4 is 50.6 Å². The number of nitrogens with zero attached hydrogens (tertiary/aromatic N) is 1.